The van der Waals surface area contributed by atoms with Crippen LogP contribution in [0.3, 0.4) is 0 Å². The smallest absolute Gasteiger partial charge is 0.0582 e. The molecule has 92 valence electrons. The molecule has 1 aromatic rings. The molecule has 0 radical (unpaired) electrons. The van der Waals surface area contributed by atoms with Gasteiger partial charge in [-0.25, -0.2) is 0 Å². The zero-order valence-corrected chi connectivity index (χ0v) is 10.7. The predicted octanol–water partition coefficient (Wildman–Crippen LogP) is 4.02. The maximum absolute atomic E-state index is 5.34. The van der Waals surface area contributed by atoms with E-state index in [9.17, 15) is 0 Å². The first-order chi connectivity index (χ1) is 8.28. The average Bonchev–Trinajstić information content (AvgIpc) is 2.37. The van der Waals surface area contributed by atoms with Gasteiger partial charge < -0.3 is 4.74 Å². The van der Waals surface area contributed by atoms with Gasteiger partial charge in [-0.05, 0) is 29.9 Å². The number of hydrogen-bond donors (Lipinski definition) is 0. The molecule has 1 saturated carbocycles. The van der Waals surface area contributed by atoms with E-state index in [2.05, 4.69) is 31.2 Å². The van der Waals surface area contributed by atoms with Gasteiger partial charge in [0.25, 0.3) is 0 Å². The van der Waals surface area contributed by atoms with Crippen LogP contribution in [0.4, 0.5) is 0 Å². The lowest BCUT2D eigenvalue weighted by atomic mass is 9.78. The fourth-order valence-corrected chi connectivity index (χ4v) is 3.17. The highest BCUT2D eigenvalue weighted by Crippen LogP contribution is 2.35. The minimum absolute atomic E-state index is 0.283. The Balaban J connectivity index is 1.75. The Kier molecular flexibility index (Phi) is 2.96. The second-order valence-corrected chi connectivity index (χ2v) is 6.01. The van der Waals surface area contributed by atoms with E-state index in [0.717, 1.165) is 19.1 Å². The van der Waals surface area contributed by atoms with Crippen LogP contribution in [0.25, 0.3) is 0 Å². The molecule has 0 N–H and O–H groups in total. The lowest BCUT2D eigenvalue weighted by Crippen LogP contribution is -2.43. The number of rotatable bonds is 2. The maximum Gasteiger partial charge on any atom is 0.0582 e. The normalized spacial score (nSPS) is 24.3. The van der Waals surface area contributed by atoms with Crippen LogP contribution in [-0.4, -0.2) is 13.2 Å². The van der Waals surface area contributed by atoms with Gasteiger partial charge in [-0.15, -0.1) is 0 Å². The van der Waals surface area contributed by atoms with Crippen LogP contribution in [0.1, 0.15) is 56.1 Å². The van der Waals surface area contributed by atoms with Crippen LogP contribution < -0.4 is 0 Å². The summed E-state index contributed by atoms with van der Waals surface area (Å²) in [6.07, 6.45) is 7.04. The van der Waals surface area contributed by atoms with Gasteiger partial charge in [0, 0.05) is 5.41 Å². The van der Waals surface area contributed by atoms with Gasteiger partial charge in [0.15, 0.2) is 0 Å². The quantitative estimate of drug-likeness (QED) is 0.745. The van der Waals surface area contributed by atoms with Gasteiger partial charge in [0.2, 0.25) is 0 Å². The summed E-state index contributed by atoms with van der Waals surface area (Å²) >= 11 is 0. The lowest BCUT2D eigenvalue weighted by Gasteiger charge is -2.38. The van der Waals surface area contributed by atoms with Crippen LogP contribution in [0.5, 0.6) is 0 Å². The van der Waals surface area contributed by atoms with E-state index in [1.807, 2.05) is 0 Å². The van der Waals surface area contributed by atoms with Crippen molar-refractivity contribution >= 4 is 0 Å². The van der Waals surface area contributed by atoms with Gasteiger partial charge in [0.1, 0.15) is 0 Å². The Labute approximate surface area is 104 Å². The molecule has 1 nitrogen and oxygen atoms in total. The third kappa shape index (κ3) is 2.13. The molecule has 2 aliphatic rings. The lowest BCUT2D eigenvalue weighted by molar-refractivity contribution is -0.0500. The van der Waals surface area contributed by atoms with E-state index >= 15 is 0 Å². The van der Waals surface area contributed by atoms with Crippen molar-refractivity contribution in [3.63, 3.8) is 0 Å². The Morgan fingerprint density at radius 3 is 2.18 bits per heavy atom. The third-order valence-corrected chi connectivity index (χ3v) is 4.53. The molecule has 1 aromatic carbocycles. The van der Waals surface area contributed by atoms with E-state index in [0.29, 0.717) is 0 Å². The number of ether oxygens (including phenoxy) is 1. The summed E-state index contributed by atoms with van der Waals surface area (Å²) in [6, 6.07) is 9.36. The zero-order chi connectivity index (χ0) is 11.7. The standard InChI is InChI=1S/C16H22O/c1-16(11-17-12-16)15-9-7-14(8-10-15)13-5-3-2-4-6-13/h7-10,13H,2-6,11-12H2,1H3. The molecule has 0 spiro atoms. The first-order valence-electron chi connectivity index (χ1n) is 6.96. The van der Waals surface area contributed by atoms with Gasteiger partial charge in [-0.2, -0.15) is 0 Å². The molecule has 1 saturated heterocycles. The predicted molar refractivity (Wildman–Crippen MR) is 70.4 cm³/mol. The van der Waals surface area contributed by atoms with Crippen molar-refractivity contribution in [3.05, 3.63) is 35.4 Å². The minimum atomic E-state index is 0.283. The fraction of sp³-hybridized carbons (Fsp3) is 0.625. The summed E-state index contributed by atoms with van der Waals surface area (Å²) in [5.74, 6) is 0.822. The summed E-state index contributed by atoms with van der Waals surface area (Å²) in [7, 11) is 0. The Bertz CT molecular complexity index is 369. The highest BCUT2D eigenvalue weighted by molar-refractivity contribution is 5.32. The Morgan fingerprint density at radius 1 is 1.00 bits per heavy atom. The van der Waals surface area contributed by atoms with E-state index < -0.39 is 0 Å². The highest BCUT2D eigenvalue weighted by atomic mass is 16.5. The summed E-state index contributed by atoms with van der Waals surface area (Å²) in [5, 5.41) is 0. The molecule has 0 bridgehead atoms. The van der Waals surface area contributed by atoms with Crippen molar-refractivity contribution in [2.75, 3.05) is 13.2 Å². The van der Waals surface area contributed by atoms with Crippen LogP contribution in [0.2, 0.25) is 0 Å². The van der Waals surface area contributed by atoms with Crippen molar-refractivity contribution in [1.29, 1.82) is 0 Å². The Morgan fingerprint density at radius 2 is 1.65 bits per heavy atom. The second kappa shape index (κ2) is 4.45. The molecule has 3 rings (SSSR count). The maximum atomic E-state index is 5.34. The molecular weight excluding hydrogens is 208 g/mol. The van der Waals surface area contributed by atoms with Gasteiger partial charge >= 0.3 is 0 Å². The van der Waals surface area contributed by atoms with E-state index in [1.54, 1.807) is 5.56 Å². The monoisotopic (exact) mass is 230 g/mol. The largest absolute Gasteiger partial charge is 0.379 e. The molecule has 1 aliphatic heterocycles. The number of benzene rings is 1. The second-order valence-electron chi connectivity index (χ2n) is 6.01. The average molecular weight is 230 g/mol. The zero-order valence-electron chi connectivity index (χ0n) is 10.7. The Hall–Kier alpha value is -0.820. The third-order valence-electron chi connectivity index (χ3n) is 4.53. The molecule has 1 heterocycles. The molecule has 17 heavy (non-hydrogen) atoms. The molecule has 0 aromatic heterocycles. The molecule has 0 unspecified atom stereocenters. The van der Waals surface area contributed by atoms with Crippen LogP contribution in [0, 0.1) is 0 Å². The summed E-state index contributed by atoms with van der Waals surface area (Å²) in [5.41, 5.74) is 3.28. The SMILES string of the molecule is CC1(c2ccc(C3CCCCC3)cc2)COC1. The number of hydrogen-bond acceptors (Lipinski definition) is 1. The van der Waals surface area contributed by atoms with Crippen molar-refractivity contribution in [2.45, 2.75) is 50.4 Å². The van der Waals surface area contributed by atoms with E-state index in [4.69, 9.17) is 4.74 Å². The van der Waals surface area contributed by atoms with Gasteiger partial charge in [0.05, 0.1) is 13.2 Å². The minimum Gasteiger partial charge on any atom is -0.379 e. The molecular formula is C16H22O. The van der Waals surface area contributed by atoms with Crippen LogP contribution in [0.15, 0.2) is 24.3 Å². The van der Waals surface area contributed by atoms with Crippen molar-refractivity contribution in [2.24, 2.45) is 0 Å². The first-order valence-corrected chi connectivity index (χ1v) is 6.96. The van der Waals surface area contributed by atoms with E-state index in [-0.39, 0.29) is 5.41 Å². The van der Waals surface area contributed by atoms with Gasteiger partial charge in [-0.1, -0.05) is 50.5 Å². The molecule has 1 aliphatic carbocycles. The summed E-state index contributed by atoms with van der Waals surface area (Å²) < 4.78 is 5.34. The molecule has 2 fully saturated rings. The van der Waals surface area contributed by atoms with Crippen LogP contribution >= 0.6 is 0 Å². The molecule has 1 heteroatoms. The van der Waals surface area contributed by atoms with Crippen molar-refractivity contribution in [3.8, 4) is 0 Å². The van der Waals surface area contributed by atoms with Gasteiger partial charge in [-0.3, -0.25) is 0 Å². The van der Waals surface area contributed by atoms with Crippen LogP contribution in [-0.2, 0) is 10.2 Å². The summed E-state index contributed by atoms with van der Waals surface area (Å²) in [6.45, 7) is 4.07. The van der Waals surface area contributed by atoms with Crippen molar-refractivity contribution in [1.82, 2.24) is 0 Å². The van der Waals surface area contributed by atoms with Crippen molar-refractivity contribution < 1.29 is 4.74 Å². The van der Waals surface area contributed by atoms with E-state index in [1.165, 1.54) is 37.7 Å². The summed E-state index contributed by atoms with van der Waals surface area (Å²) in [4.78, 5) is 0. The first kappa shape index (κ1) is 11.3. The fourth-order valence-electron chi connectivity index (χ4n) is 3.17. The topological polar surface area (TPSA) is 9.23 Å². The molecule has 0 atom stereocenters. The highest BCUT2D eigenvalue weighted by Gasteiger charge is 2.35. The molecule has 0 amide bonds.